The fourth-order valence-electron chi connectivity index (χ4n) is 12.3. The molecule has 0 saturated carbocycles. The van der Waals surface area contributed by atoms with Gasteiger partial charge in [-0.15, -0.1) is 0 Å². The molecule has 2 N–H and O–H groups in total. The zero-order valence-corrected chi connectivity index (χ0v) is 50.6. The van der Waals surface area contributed by atoms with Gasteiger partial charge in [0.15, 0.2) is 21.2 Å². The van der Waals surface area contributed by atoms with Gasteiger partial charge in [-0.05, 0) is 107 Å². The number of benzene rings is 6. The number of hydrogen-bond donors (Lipinski definition) is 2. The molecule has 16 nitrogen and oxygen atoms in total. The number of sulfone groups is 1. The molecule has 0 amide bonds. The number of nitrogens with zero attached hydrogens (tertiary/aromatic N) is 8. The predicted octanol–water partition coefficient (Wildman–Crippen LogP) is 12.0. The Morgan fingerprint density at radius 2 is 0.953 bits per heavy atom. The SMILES string of the molecule is CCOC(=O)c1c(N2CCN(Cc3ccc(-n4c(C(=O)O)c(CN5CCS(=O)(=O)CC5)c5cc(Br)c(Cl)cc54)cc3)CC2)c2cc(F)c(Cl)cc2n1-c1ccc(CN2CCN(c3c(C(=O)O)n(-c4ccccc4)c4cc(Cl)c(F)cc34)CC2)cc1. The van der Waals surface area contributed by atoms with Crippen molar-refractivity contribution in [3.8, 4) is 17.1 Å². The Balaban J connectivity index is 0.768. The summed E-state index contributed by atoms with van der Waals surface area (Å²) in [5, 5.41) is 23.3. The average Bonchev–Trinajstić information content (AvgIpc) is 1.69. The van der Waals surface area contributed by atoms with Crippen LogP contribution in [0.3, 0.4) is 0 Å². The summed E-state index contributed by atoms with van der Waals surface area (Å²) in [4.78, 5) is 51.1. The zero-order chi connectivity index (χ0) is 59.6. The molecule has 6 heterocycles. The van der Waals surface area contributed by atoms with Gasteiger partial charge in [-0.25, -0.2) is 31.6 Å². The van der Waals surface area contributed by atoms with Gasteiger partial charge in [0.05, 0.1) is 61.1 Å². The number of halogens is 6. The van der Waals surface area contributed by atoms with Crippen molar-refractivity contribution in [2.24, 2.45) is 0 Å². The summed E-state index contributed by atoms with van der Waals surface area (Å²) in [7, 11) is -3.15. The van der Waals surface area contributed by atoms with Crippen LogP contribution in [0.15, 0.2) is 120 Å². The number of piperazine rings is 2. The molecular weight excluding hydrogens is 1240 g/mol. The summed E-state index contributed by atoms with van der Waals surface area (Å²) in [5.41, 5.74) is 7.30. The highest BCUT2D eigenvalue weighted by Crippen LogP contribution is 2.43. The number of carboxylic acids is 2. The van der Waals surface area contributed by atoms with Crippen LogP contribution >= 0.6 is 50.7 Å². The molecule has 23 heteroatoms. The summed E-state index contributed by atoms with van der Waals surface area (Å²) < 4.78 is 66.7. The van der Waals surface area contributed by atoms with Crippen LogP contribution in [0, 0.1) is 11.6 Å². The molecule has 3 fully saturated rings. The highest BCUT2D eigenvalue weighted by molar-refractivity contribution is 9.10. The van der Waals surface area contributed by atoms with E-state index >= 15 is 8.78 Å². The van der Waals surface area contributed by atoms with E-state index in [0.29, 0.717) is 155 Å². The van der Waals surface area contributed by atoms with Gasteiger partial charge in [0.25, 0.3) is 0 Å². The first-order chi connectivity index (χ1) is 40.9. The van der Waals surface area contributed by atoms with Crippen molar-refractivity contribution in [3.63, 3.8) is 0 Å². The number of ether oxygens (including phenoxy) is 1. The van der Waals surface area contributed by atoms with Crippen LogP contribution in [0.5, 0.6) is 0 Å². The van der Waals surface area contributed by atoms with E-state index in [1.807, 2.05) is 82.6 Å². The van der Waals surface area contributed by atoms with Gasteiger partial charge >= 0.3 is 17.9 Å². The van der Waals surface area contributed by atoms with E-state index < -0.39 is 39.4 Å². The number of rotatable bonds is 15. The number of anilines is 2. The van der Waals surface area contributed by atoms with Crippen LogP contribution in [-0.4, -0.2) is 148 Å². The van der Waals surface area contributed by atoms with Crippen molar-refractivity contribution >= 4 is 123 Å². The molecule has 3 aliphatic rings. The van der Waals surface area contributed by atoms with Crippen LogP contribution in [-0.2, 0) is 34.2 Å². The average molecular weight is 1300 g/mol. The Kier molecular flexibility index (Phi) is 16.3. The lowest BCUT2D eigenvalue weighted by Crippen LogP contribution is -2.46. The largest absolute Gasteiger partial charge is 0.477 e. The molecule has 0 unspecified atom stereocenters. The van der Waals surface area contributed by atoms with Crippen LogP contribution in [0.1, 0.15) is 55.1 Å². The number of para-hydroxylation sites is 1. The minimum absolute atomic E-state index is 0.00654. The molecule has 0 atom stereocenters. The number of carbonyl (C=O) groups is 3. The lowest BCUT2D eigenvalue weighted by Gasteiger charge is -2.36. The summed E-state index contributed by atoms with van der Waals surface area (Å²) in [6, 6.07) is 33.8. The normalized spacial score (nSPS) is 16.3. The Hall–Kier alpha value is -7.01. The molecule has 0 spiro atoms. The van der Waals surface area contributed by atoms with E-state index in [1.165, 1.54) is 24.3 Å². The highest BCUT2D eigenvalue weighted by Gasteiger charge is 2.34. The quantitative estimate of drug-likeness (QED) is 0.0932. The maximum Gasteiger partial charge on any atom is 0.357 e. The molecule has 9 aromatic rings. The van der Waals surface area contributed by atoms with E-state index in [4.69, 9.17) is 39.5 Å². The summed E-state index contributed by atoms with van der Waals surface area (Å²) in [5.74, 6) is -4.11. The van der Waals surface area contributed by atoms with Crippen molar-refractivity contribution in [1.82, 2.24) is 28.4 Å². The second-order valence-electron chi connectivity index (χ2n) is 21.5. The first-order valence-corrected chi connectivity index (χ1v) is 31.5. The second-order valence-corrected chi connectivity index (χ2v) is 25.9. The van der Waals surface area contributed by atoms with Gasteiger partial charge in [-0.3, -0.25) is 14.7 Å². The molecule has 0 bridgehead atoms. The van der Waals surface area contributed by atoms with E-state index in [2.05, 4.69) is 30.6 Å². The Labute approximate surface area is 511 Å². The van der Waals surface area contributed by atoms with Gasteiger partial charge in [-0.2, -0.15) is 0 Å². The molecule has 85 heavy (non-hydrogen) atoms. The minimum atomic E-state index is -3.15. The number of carbonyl (C=O) groups excluding carboxylic acids is 1. The van der Waals surface area contributed by atoms with Gasteiger partial charge in [0.1, 0.15) is 17.3 Å². The number of esters is 1. The van der Waals surface area contributed by atoms with Crippen molar-refractivity contribution in [2.75, 3.05) is 93.4 Å². The number of aromatic carboxylic acids is 2. The number of aromatic nitrogens is 3. The van der Waals surface area contributed by atoms with Crippen LogP contribution in [0.25, 0.3) is 49.8 Å². The van der Waals surface area contributed by atoms with Crippen molar-refractivity contribution in [1.29, 1.82) is 0 Å². The molecule has 12 rings (SSSR count). The molecule has 0 radical (unpaired) electrons. The molecule has 6 aromatic carbocycles. The first-order valence-electron chi connectivity index (χ1n) is 27.7. The molecule has 3 saturated heterocycles. The summed E-state index contributed by atoms with van der Waals surface area (Å²) in [6.45, 7) is 8.02. The standard InChI is InChI=1S/C62H56BrCl3F2N8O8S/c1-2-84-62(81)59-56(73-22-18-70(19-23-73)34-37-8-12-40(13-9-37)74-52-31-47(64)46(63)28-42(52)45(57(74)60(77)78)36-71-24-26-85(82,83)27-25-71)44-30-51(68)49(66)33-54(44)76(59)41-14-10-38(11-15-41)35-69-16-20-72(21-17-69)55-43-29-50(67)48(65)32-53(43)75(58(55)61(79)80)39-6-4-3-5-7-39/h3-15,28-33H,2,16-27,34-36H2,1H3,(H,77,78)(H,79,80). The molecule has 440 valence electrons. The number of hydrogen-bond acceptors (Lipinski definition) is 11. The molecule has 3 aromatic heterocycles. The van der Waals surface area contributed by atoms with Crippen molar-refractivity contribution in [3.05, 3.63) is 180 Å². The lowest BCUT2D eigenvalue weighted by atomic mass is 10.1. The van der Waals surface area contributed by atoms with Gasteiger partial charge in [-0.1, -0.05) is 77.3 Å². The third-order valence-corrected chi connectivity index (χ3v) is 19.8. The third kappa shape index (κ3) is 11.3. The van der Waals surface area contributed by atoms with Crippen LogP contribution in [0.4, 0.5) is 20.2 Å². The van der Waals surface area contributed by atoms with Gasteiger partial charge in [0, 0.05) is 128 Å². The first kappa shape index (κ1) is 58.4. The fourth-order valence-corrected chi connectivity index (χ4v) is 14.4. The smallest absolute Gasteiger partial charge is 0.357 e. The number of carboxylic acid groups (broad SMARTS) is 2. The number of fused-ring (bicyclic) bond motifs is 3. The Bertz CT molecular complexity index is 4230. The van der Waals surface area contributed by atoms with Crippen molar-refractivity contribution in [2.45, 2.75) is 26.6 Å². The second kappa shape index (κ2) is 23.7. The fraction of sp³-hybridized carbons (Fsp3) is 0.274. The lowest BCUT2D eigenvalue weighted by molar-refractivity contribution is 0.0517. The molecule has 0 aliphatic carbocycles. The maximum absolute atomic E-state index is 15.6. The van der Waals surface area contributed by atoms with Crippen LogP contribution < -0.4 is 9.80 Å². The van der Waals surface area contributed by atoms with Gasteiger partial charge < -0.3 is 38.5 Å². The topological polar surface area (TPSA) is 166 Å². The van der Waals surface area contributed by atoms with Gasteiger partial charge in [0.2, 0.25) is 0 Å². The predicted molar refractivity (Wildman–Crippen MR) is 331 cm³/mol. The molecular formula is C62H56BrCl3F2N8O8S. The van der Waals surface area contributed by atoms with E-state index in [1.54, 1.807) is 38.8 Å². The van der Waals surface area contributed by atoms with E-state index in [0.717, 1.165) is 11.1 Å². The molecule has 3 aliphatic heterocycles. The summed E-state index contributed by atoms with van der Waals surface area (Å²) in [6.07, 6.45) is 0. The minimum Gasteiger partial charge on any atom is -0.477 e. The maximum atomic E-state index is 15.6. The Morgan fingerprint density at radius 3 is 1.44 bits per heavy atom. The van der Waals surface area contributed by atoms with Crippen molar-refractivity contribution < 1.29 is 46.5 Å². The van der Waals surface area contributed by atoms with E-state index in [-0.39, 0.29) is 51.8 Å². The Morgan fingerprint density at radius 1 is 0.529 bits per heavy atom. The summed E-state index contributed by atoms with van der Waals surface area (Å²) >= 11 is 22.9. The van der Waals surface area contributed by atoms with E-state index in [9.17, 15) is 33.0 Å². The monoisotopic (exact) mass is 1290 g/mol. The van der Waals surface area contributed by atoms with Crippen LogP contribution in [0.2, 0.25) is 15.1 Å². The zero-order valence-electron chi connectivity index (χ0n) is 45.9. The highest BCUT2D eigenvalue weighted by atomic mass is 79.9. The third-order valence-electron chi connectivity index (χ3n) is 16.4.